The molecule has 1 fully saturated rings. The minimum Gasteiger partial charge on any atom is -0.496 e. The van der Waals surface area contributed by atoms with Crippen LogP contribution in [0.1, 0.15) is 42.7 Å². The molecule has 0 bridgehead atoms. The number of hydrogen-bond acceptors (Lipinski definition) is 5. The molecule has 9 heteroatoms. The molecule has 4 N–H and O–H groups in total. The van der Waals surface area contributed by atoms with Gasteiger partial charge < -0.3 is 30.4 Å². The second kappa shape index (κ2) is 9.55. The molecule has 2 aliphatic rings. The molecule has 3 aromatic rings. The summed E-state index contributed by atoms with van der Waals surface area (Å²) in [4.78, 5) is 45.0. The van der Waals surface area contributed by atoms with Gasteiger partial charge in [0.25, 0.3) is 5.91 Å². The molecule has 3 atom stereocenters. The number of para-hydroxylation sites is 1. The van der Waals surface area contributed by atoms with Gasteiger partial charge in [-0.1, -0.05) is 38.1 Å². The summed E-state index contributed by atoms with van der Waals surface area (Å²) in [5.74, 6) is -0.110. The van der Waals surface area contributed by atoms with E-state index in [0.717, 1.165) is 22.2 Å². The van der Waals surface area contributed by atoms with Crippen LogP contribution < -0.4 is 15.4 Å². The van der Waals surface area contributed by atoms with Gasteiger partial charge in [-0.2, -0.15) is 0 Å². The van der Waals surface area contributed by atoms with Crippen LogP contribution in [0, 0.1) is 5.92 Å². The van der Waals surface area contributed by atoms with E-state index in [4.69, 9.17) is 4.74 Å². The molecule has 1 spiro atoms. The number of nitrogens with one attached hydrogen (secondary N) is 3. The number of rotatable bonds is 7. The van der Waals surface area contributed by atoms with Crippen LogP contribution >= 0.6 is 0 Å². The summed E-state index contributed by atoms with van der Waals surface area (Å²) < 4.78 is 5.39. The smallest absolute Gasteiger partial charge is 0.268 e. The molecule has 9 nitrogen and oxygen atoms in total. The van der Waals surface area contributed by atoms with Crippen LogP contribution in [0.15, 0.2) is 48.5 Å². The summed E-state index contributed by atoms with van der Waals surface area (Å²) in [6.07, 6.45) is 0.737. The third kappa shape index (κ3) is 4.23. The Kier molecular flexibility index (Phi) is 6.41. The molecule has 1 aromatic heterocycles. The molecule has 2 aromatic carbocycles. The third-order valence-electron chi connectivity index (χ3n) is 7.48. The SMILES string of the molecule is COc1cccc2[nH]c(C(=O)N[C@@H](CC(C)C)C(=O)N3C[C@]4(C[C@H]3CO)C(=O)Nc3ccccc34)cc12. The number of anilines is 1. The highest BCUT2D eigenvalue weighted by Crippen LogP contribution is 2.46. The van der Waals surface area contributed by atoms with Crippen LogP contribution in [-0.2, 0) is 15.0 Å². The standard InChI is InChI=1S/C28H32N4O5/c1-16(2)11-23(30-25(34)22-12-18-20(29-22)9-6-10-24(18)37-3)26(35)32-15-28(13-17(32)14-33)19-7-4-5-8-21(19)31-27(28)36/h4-10,12,16-17,23,29,33H,11,13-15H2,1-3H3,(H,30,34)(H,31,36)/t17-,23-,28-/m0/s1. The number of H-pyrrole nitrogens is 1. The van der Waals surface area contributed by atoms with Crippen molar-refractivity contribution >= 4 is 34.3 Å². The van der Waals surface area contributed by atoms with E-state index >= 15 is 0 Å². The molecule has 194 valence electrons. The number of fused-ring (bicyclic) bond motifs is 3. The fourth-order valence-electron chi connectivity index (χ4n) is 5.71. The summed E-state index contributed by atoms with van der Waals surface area (Å²) in [5, 5.41) is 16.8. The highest BCUT2D eigenvalue weighted by Gasteiger charge is 2.56. The number of aromatic nitrogens is 1. The van der Waals surface area contributed by atoms with Gasteiger partial charge in [0.1, 0.15) is 17.5 Å². The van der Waals surface area contributed by atoms with Gasteiger partial charge in [-0.15, -0.1) is 0 Å². The van der Waals surface area contributed by atoms with Crippen LogP contribution in [0.5, 0.6) is 5.75 Å². The predicted molar refractivity (Wildman–Crippen MR) is 140 cm³/mol. The maximum absolute atomic E-state index is 13.9. The van der Waals surface area contributed by atoms with Gasteiger partial charge in [0.15, 0.2) is 0 Å². The number of aromatic amines is 1. The van der Waals surface area contributed by atoms with Gasteiger partial charge in [0.2, 0.25) is 11.8 Å². The lowest BCUT2D eigenvalue weighted by molar-refractivity contribution is -0.135. The van der Waals surface area contributed by atoms with E-state index in [1.54, 1.807) is 18.1 Å². The lowest BCUT2D eigenvalue weighted by Crippen LogP contribution is -2.52. The van der Waals surface area contributed by atoms with Crippen LogP contribution in [0.2, 0.25) is 0 Å². The molecule has 0 radical (unpaired) electrons. The van der Waals surface area contributed by atoms with Crippen molar-refractivity contribution in [2.24, 2.45) is 5.92 Å². The van der Waals surface area contributed by atoms with Crippen molar-refractivity contribution in [2.45, 2.75) is 44.2 Å². The summed E-state index contributed by atoms with van der Waals surface area (Å²) in [5.41, 5.74) is 1.73. The summed E-state index contributed by atoms with van der Waals surface area (Å²) in [6.45, 7) is 3.84. The zero-order valence-corrected chi connectivity index (χ0v) is 21.2. The lowest BCUT2D eigenvalue weighted by atomic mass is 9.79. The fourth-order valence-corrected chi connectivity index (χ4v) is 5.71. The van der Waals surface area contributed by atoms with Crippen molar-refractivity contribution in [3.8, 4) is 5.75 Å². The number of amides is 3. The first-order valence-corrected chi connectivity index (χ1v) is 12.6. The van der Waals surface area contributed by atoms with Crippen molar-refractivity contribution in [3.05, 3.63) is 59.8 Å². The van der Waals surface area contributed by atoms with Crippen molar-refractivity contribution in [1.82, 2.24) is 15.2 Å². The number of carbonyl (C=O) groups excluding carboxylic acids is 3. The maximum atomic E-state index is 13.9. The van der Waals surface area contributed by atoms with Gasteiger partial charge in [0, 0.05) is 23.1 Å². The second-order valence-electron chi connectivity index (χ2n) is 10.3. The number of aliphatic hydroxyl groups excluding tert-OH is 1. The Hall–Kier alpha value is -3.85. The molecule has 5 rings (SSSR count). The third-order valence-corrected chi connectivity index (χ3v) is 7.48. The molecule has 37 heavy (non-hydrogen) atoms. The number of nitrogens with zero attached hydrogens (tertiary/aromatic N) is 1. The fraction of sp³-hybridized carbons (Fsp3) is 0.393. The van der Waals surface area contributed by atoms with Gasteiger partial charge in [-0.25, -0.2) is 0 Å². The molecular weight excluding hydrogens is 472 g/mol. The Bertz CT molecular complexity index is 1370. The number of methoxy groups -OCH3 is 1. The molecule has 0 unspecified atom stereocenters. The molecule has 0 saturated carbocycles. The van der Waals surface area contributed by atoms with Crippen LogP contribution in [0.3, 0.4) is 0 Å². The van der Waals surface area contributed by atoms with E-state index in [1.165, 1.54) is 0 Å². The Morgan fingerprint density at radius 3 is 2.73 bits per heavy atom. The molecule has 2 aliphatic heterocycles. The molecule has 0 aliphatic carbocycles. The highest BCUT2D eigenvalue weighted by molar-refractivity contribution is 6.07. The summed E-state index contributed by atoms with van der Waals surface area (Å²) in [7, 11) is 1.57. The van der Waals surface area contributed by atoms with E-state index in [0.29, 0.717) is 24.3 Å². The monoisotopic (exact) mass is 504 g/mol. The van der Waals surface area contributed by atoms with E-state index in [2.05, 4.69) is 15.6 Å². The summed E-state index contributed by atoms with van der Waals surface area (Å²) in [6, 6.07) is 13.3. The zero-order valence-electron chi connectivity index (χ0n) is 21.2. The van der Waals surface area contributed by atoms with Crippen molar-refractivity contribution in [3.63, 3.8) is 0 Å². The normalized spacial score (nSPS) is 21.4. The zero-order chi connectivity index (χ0) is 26.3. The minimum atomic E-state index is -0.917. The molecular formula is C28H32N4O5. The largest absolute Gasteiger partial charge is 0.496 e. The van der Waals surface area contributed by atoms with Gasteiger partial charge in [-0.05, 0) is 48.6 Å². The van der Waals surface area contributed by atoms with Crippen LogP contribution in [0.25, 0.3) is 10.9 Å². The van der Waals surface area contributed by atoms with Gasteiger partial charge >= 0.3 is 0 Å². The first kappa shape index (κ1) is 24.8. The number of ether oxygens (including phenoxy) is 1. The van der Waals surface area contributed by atoms with Crippen molar-refractivity contribution in [2.75, 3.05) is 25.6 Å². The first-order chi connectivity index (χ1) is 17.8. The number of hydrogen-bond donors (Lipinski definition) is 4. The van der Waals surface area contributed by atoms with Crippen LogP contribution in [-0.4, -0.2) is 65.1 Å². The Balaban J connectivity index is 1.41. The Morgan fingerprint density at radius 2 is 2.00 bits per heavy atom. The van der Waals surface area contributed by atoms with Gasteiger partial charge in [0.05, 0.1) is 25.2 Å². The first-order valence-electron chi connectivity index (χ1n) is 12.6. The molecule has 1 saturated heterocycles. The number of carbonyl (C=O) groups is 3. The maximum Gasteiger partial charge on any atom is 0.268 e. The van der Waals surface area contributed by atoms with E-state index < -0.39 is 23.4 Å². The Morgan fingerprint density at radius 1 is 1.22 bits per heavy atom. The summed E-state index contributed by atoms with van der Waals surface area (Å²) >= 11 is 0. The minimum absolute atomic E-state index is 0.122. The average Bonchev–Trinajstić information content (AvgIpc) is 3.57. The molecule has 3 heterocycles. The van der Waals surface area contributed by atoms with Gasteiger partial charge in [-0.3, -0.25) is 14.4 Å². The van der Waals surface area contributed by atoms with E-state index in [1.807, 2.05) is 56.3 Å². The lowest BCUT2D eigenvalue weighted by Gasteiger charge is -2.29. The number of likely N-dealkylation sites (tertiary alicyclic amines) is 1. The van der Waals surface area contributed by atoms with Crippen molar-refractivity contribution in [1.29, 1.82) is 0 Å². The second-order valence-corrected chi connectivity index (χ2v) is 10.3. The molecule has 3 amide bonds. The predicted octanol–water partition coefficient (Wildman–Crippen LogP) is 2.80. The van der Waals surface area contributed by atoms with Crippen molar-refractivity contribution < 1.29 is 24.2 Å². The number of benzene rings is 2. The van der Waals surface area contributed by atoms with E-state index in [9.17, 15) is 19.5 Å². The van der Waals surface area contributed by atoms with E-state index in [-0.39, 0.29) is 30.9 Å². The topological polar surface area (TPSA) is 124 Å². The number of aliphatic hydroxyl groups is 1. The average molecular weight is 505 g/mol. The Labute approximate surface area is 215 Å². The highest BCUT2D eigenvalue weighted by atomic mass is 16.5. The van der Waals surface area contributed by atoms with Crippen LogP contribution in [0.4, 0.5) is 5.69 Å². The quantitative estimate of drug-likeness (QED) is 0.394.